The van der Waals surface area contributed by atoms with E-state index in [1.165, 1.54) is 6.07 Å². The summed E-state index contributed by atoms with van der Waals surface area (Å²) in [5, 5.41) is 3.04. The molecule has 1 aromatic heterocycles. The molecule has 2 rings (SSSR count). The van der Waals surface area contributed by atoms with Crippen molar-refractivity contribution in [3.05, 3.63) is 35.1 Å². The summed E-state index contributed by atoms with van der Waals surface area (Å²) in [5.41, 5.74) is 6.04. The molecule has 0 aliphatic carbocycles. The summed E-state index contributed by atoms with van der Waals surface area (Å²) in [4.78, 5) is 8.20. The number of aryl methyl sites for hydroxylation is 1. The van der Waals surface area contributed by atoms with Crippen LogP contribution in [0.3, 0.4) is 0 Å². The van der Waals surface area contributed by atoms with Crippen molar-refractivity contribution in [2.45, 2.75) is 11.8 Å². The van der Waals surface area contributed by atoms with Crippen LogP contribution in [0.4, 0.5) is 17.3 Å². The molecule has 0 atom stereocenters. The number of benzene rings is 1. The molecule has 6 nitrogen and oxygen atoms in total. The minimum atomic E-state index is -3.37. The van der Waals surface area contributed by atoms with Crippen molar-refractivity contribution in [2.75, 3.05) is 17.3 Å². The molecule has 1 aromatic carbocycles. The van der Waals surface area contributed by atoms with Gasteiger partial charge in [-0.1, -0.05) is 23.7 Å². The fraction of sp³-hybridized carbons (Fsp3) is 0.167. The summed E-state index contributed by atoms with van der Waals surface area (Å²) in [6.07, 6.45) is 1.13. The van der Waals surface area contributed by atoms with E-state index in [4.69, 9.17) is 17.3 Å². The first-order valence-electron chi connectivity index (χ1n) is 5.65. The van der Waals surface area contributed by atoms with E-state index in [-0.39, 0.29) is 21.6 Å². The molecule has 20 heavy (non-hydrogen) atoms. The van der Waals surface area contributed by atoms with Gasteiger partial charge < -0.3 is 11.1 Å². The second-order valence-electron chi connectivity index (χ2n) is 4.21. The molecule has 3 N–H and O–H groups in total. The van der Waals surface area contributed by atoms with Crippen molar-refractivity contribution < 1.29 is 8.42 Å². The Hall–Kier alpha value is -1.86. The molecule has 106 valence electrons. The largest absolute Gasteiger partial charge is 0.382 e. The fourth-order valence-corrected chi connectivity index (χ4v) is 2.66. The molecule has 0 saturated carbocycles. The molecule has 0 aliphatic rings. The molecule has 0 amide bonds. The number of nitrogen functional groups attached to an aromatic ring is 1. The van der Waals surface area contributed by atoms with E-state index in [0.29, 0.717) is 11.5 Å². The smallest absolute Gasteiger partial charge is 0.177 e. The molecule has 0 spiro atoms. The number of nitrogens with two attached hydrogens (primary N) is 1. The van der Waals surface area contributed by atoms with Crippen LogP contribution in [0.2, 0.25) is 5.02 Å². The highest BCUT2D eigenvalue weighted by Crippen LogP contribution is 2.30. The topological polar surface area (TPSA) is 98.0 Å². The number of anilines is 3. The number of aromatic nitrogens is 2. The molecule has 0 fully saturated rings. The van der Waals surface area contributed by atoms with Gasteiger partial charge in [0.05, 0.1) is 10.6 Å². The van der Waals surface area contributed by atoms with Gasteiger partial charge in [0, 0.05) is 6.26 Å². The minimum absolute atomic E-state index is 0.138. The minimum Gasteiger partial charge on any atom is -0.382 e. The number of nitrogens with one attached hydrogen (secondary N) is 1. The van der Waals surface area contributed by atoms with Crippen LogP contribution in [0.1, 0.15) is 5.82 Å². The number of para-hydroxylation sites is 1. The predicted octanol–water partition coefficient (Wildman–Crippen LogP) is 2.17. The molecule has 0 bridgehead atoms. The fourth-order valence-electron chi connectivity index (χ4n) is 1.68. The highest BCUT2D eigenvalue weighted by Gasteiger charge is 2.15. The number of hydrogen-bond donors (Lipinski definition) is 2. The maximum Gasteiger partial charge on any atom is 0.177 e. The standard InChI is InChI=1S/C12H13ClN4O2S/c1-7-15-11(14)10(13)12(16-7)17-8-5-3-4-6-9(8)20(2,18)19/h3-6H,1-2H3,(H3,14,15,16,17). The monoisotopic (exact) mass is 312 g/mol. The molecule has 0 aliphatic heterocycles. The molecule has 1 heterocycles. The maximum atomic E-state index is 11.7. The van der Waals surface area contributed by atoms with Crippen LogP contribution >= 0.6 is 11.6 Å². The van der Waals surface area contributed by atoms with E-state index in [1.54, 1.807) is 25.1 Å². The third-order valence-electron chi connectivity index (χ3n) is 2.53. The second-order valence-corrected chi connectivity index (χ2v) is 6.57. The predicted molar refractivity (Wildman–Crippen MR) is 79.0 cm³/mol. The van der Waals surface area contributed by atoms with E-state index < -0.39 is 9.84 Å². The van der Waals surface area contributed by atoms with Gasteiger partial charge in [-0.3, -0.25) is 0 Å². The average molecular weight is 313 g/mol. The molecule has 0 saturated heterocycles. The lowest BCUT2D eigenvalue weighted by atomic mass is 10.3. The van der Waals surface area contributed by atoms with Crippen LogP contribution in [-0.4, -0.2) is 24.6 Å². The maximum absolute atomic E-state index is 11.7. The quantitative estimate of drug-likeness (QED) is 0.901. The lowest BCUT2D eigenvalue weighted by Gasteiger charge is -2.12. The van der Waals surface area contributed by atoms with Gasteiger partial charge in [-0.15, -0.1) is 0 Å². The highest BCUT2D eigenvalue weighted by molar-refractivity contribution is 7.90. The normalized spacial score (nSPS) is 11.3. The average Bonchev–Trinajstić information content (AvgIpc) is 2.34. The van der Waals surface area contributed by atoms with Crippen LogP contribution in [-0.2, 0) is 9.84 Å². The Labute approximate surface area is 121 Å². The van der Waals surface area contributed by atoms with Gasteiger partial charge in [0.25, 0.3) is 0 Å². The Morgan fingerprint density at radius 1 is 1.25 bits per heavy atom. The Kier molecular flexibility index (Phi) is 3.82. The third kappa shape index (κ3) is 3.00. The van der Waals surface area contributed by atoms with Crippen LogP contribution in [0.25, 0.3) is 0 Å². The zero-order valence-corrected chi connectivity index (χ0v) is 12.5. The van der Waals surface area contributed by atoms with Crippen molar-refractivity contribution >= 4 is 38.8 Å². The zero-order valence-electron chi connectivity index (χ0n) is 10.9. The number of rotatable bonds is 3. The van der Waals surface area contributed by atoms with E-state index in [2.05, 4.69) is 15.3 Å². The highest BCUT2D eigenvalue weighted by atomic mass is 35.5. The first-order chi connectivity index (χ1) is 9.29. The Balaban J connectivity index is 2.52. The van der Waals surface area contributed by atoms with Gasteiger partial charge in [0.1, 0.15) is 16.7 Å². The summed E-state index contributed by atoms with van der Waals surface area (Å²) >= 11 is 6.02. The summed E-state index contributed by atoms with van der Waals surface area (Å²) in [5.74, 6) is 0.845. The lowest BCUT2D eigenvalue weighted by Crippen LogP contribution is -2.06. The Bertz CT molecular complexity index is 762. The van der Waals surface area contributed by atoms with Gasteiger partial charge in [-0.2, -0.15) is 0 Å². The van der Waals surface area contributed by atoms with Crippen molar-refractivity contribution in [3.63, 3.8) is 0 Å². The Morgan fingerprint density at radius 3 is 2.55 bits per heavy atom. The van der Waals surface area contributed by atoms with E-state index in [1.807, 2.05) is 0 Å². The van der Waals surface area contributed by atoms with Gasteiger partial charge in [-0.05, 0) is 19.1 Å². The number of nitrogens with zero attached hydrogens (tertiary/aromatic N) is 2. The SMILES string of the molecule is Cc1nc(N)c(Cl)c(Nc2ccccc2S(C)(=O)=O)n1. The van der Waals surface area contributed by atoms with Gasteiger partial charge >= 0.3 is 0 Å². The van der Waals surface area contributed by atoms with Gasteiger partial charge in [0.15, 0.2) is 15.7 Å². The summed E-state index contributed by atoms with van der Waals surface area (Å²) in [7, 11) is -3.37. The molecule has 2 aromatic rings. The van der Waals surface area contributed by atoms with Gasteiger partial charge in [-0.25, -0.2) is 18.4 Å². The van der Waals surface area contributed by atoms with Crippen LogP contribution in [0, 0.1) is 6.92 Å². The molecule has 0 radical (unpaired) electrons. The number of sulfone groups is 1. The summed E-state index contributed by atoms with van der Waals surface area (Å²) < 4.78 is 23.5. The van der Waals surface area contributed by atoms with Crippen molar-refractivity contribution in [1.29, 1.82) is 0 Å². The van der Waals surface area contributed by atoms with Crippen LogP contribution < -0.4 is 11.1 Å². The summed E-state index contributed by atoms with van der Waals surface area (Å²) in [6.45, 7) is 1.67. The molecular formula is C12H13ClN4O2S. The van der Waals surface area contributed by atoms with Crippen LogP contribution in [0.5, 0.6) is 0 Å². The molecule has 8 heteroatoms. The van der Waals surface area contributed by atoms with Crippen molar-refractivity contribution in [2.24, 2.45) is 0 Å². The number of halogens is 1. The third-order valence-corrected chi connectivity index (χ3v) is 4.06. The molecular weight excluding hydrogens is 300 g/mol. The van der Waals surface area contributed by atoms with Crippen LogP contribution in [0.15, 0.2) is 29.2 Å². The first-order valence-corrected chi connectivity index (χ1v) is 7.91. The summed E-state index contributed by atoms with van der Waals surface area (Å²) in [6, 6.07) is 6.48. The zero-order chi connectivity index (χ0) is 14.9. The number of hydrogen-bond acceptors (Lipinski definition) is 6. The lowest BCUT2D eigenvalue weighted by molar-refractivity contribution is 0.602. The van der Waals surface area contributed by atoms with Crippen molar-refractivity contribution in [3.8, 4) is 0 Å². The van der Waals surface area contributed by atoms with Crippen molar-refractivity contribution in [1.82, 2.24) is 9.97 Å². The van der Waals surface area contributed by atoms with E-state index >= 15 is 0 Å². The van der Waals surface area contributed by atoms with E-state index in [9.17, 15) is 8.42 Å². The second kappa shape index (κ2) is 5.26. The first kappa shape index (κ1) is 14.5. The van der Waals surface area contributed by atoms with Gasteiger partial charge in [0.2, 0.25) is 0 Å². The Morgan fingerprint density at radius 2 is 1.90 bits per heavy atom. The van der Waals surface area contributed by atoms with E-state index in [0.717, 1.165) is 6.26 Å². The molecule has 0 unspecified atom stereocenters.